The zero-order valence-electron chi connectivity index (χ0n) is 11.9. The van der Waals surface area contributed by atoms with Crippen LogP contribution >= 0.6 is 15.9 Å². The Morgan fingerprint density at radius 3 is 2.47 bits per heavy atom. The third-order valence-corrected chi connectivity index (χ3v) is 3.77. The van der Waals surface area contributed by atoms with E-state index in [9.17, 15) is 4.79 Å². The number of nitrogens with zero attached hydrogens (tertiary/aromatic N) is 1. The van der Waals surface area contributed by atoms with E-state index in [2.05, 4.69) is 53.9 Å². The number of carbonyl (C=O) groups is 1. The van der Waals surface area contributed by atoms with Crippen molar-refractivity contribution in [3.63, 3.8) is 0 Å². The van der Waals surface area contributed by atoms with Crippen LogP contribution in [-0.4, -0.2) is 17.4 Å². The highest BCUT2D eigenvalue weighted by atomic mass is 79.9. The molecule has 1 amide bonds. The lowest BCUT2D eigenvalue weighted by molar-refractivity contribution is 0.0937. The standard InChI is InChI=1S/C14H22BrN3O/c1-8(2)12(9(3)4)7-18-14(19)11-5-10(15)6-17-13(11)16/h5-6,8-9,12H,7H2,1-4H3,(H2,16,17)(H,18,19). The molecule has 0 radical (unpaired) electrons. The number of nitrogens with one attached hydrogen (secondary N) is 1. The molecule has 0 aromatic carbocycles. The number of halogens is 1. The lowest BCUT2D eigenvalue weighted by atomic mass is 9.85. The van der Waals surface area contributed by atoms with Crippen LogP contribution in [0.2, 0.25) is 0 Å². The molecule has 1 heterocycles. The van der Waals surface area contributed by atoms with Crippen LogP contribution in [0.3, 0.4) is 0 Å². The van der Waals surface area contributed by atoms with Crippen molar-refractivity contribution in [3.8, 4) is 0 Å². The monoisotopic (exact) mass is 327 g/mol. The Morgan fingerprint density at radius 2 is 1.95 bits per heavy atom. The van der Waals surface area contributed by atoms with E-state index in [-0.39, 0.29) is 11.7 Å². The SMILES string of the molecule is CC(C)C(CNC(=O)c1cc(Br)cnc1N)C(C)C. The number of carbonyl (C=O) groups excluding carboxylic acids is 1. The van der Waals surface area contributed by atoms with Crippen molar-refractivity contribution in [1.82, 2.24) is 10.3 Å². The molecule has 0 aliphatic rings. The van der Waals surface area contributed by atoms with Crippen LogP contribution in [0.15, 0.2) is 16.7 Å². The van der Waals surface area contributed by atoms with Gasteiger partial charge in [0.1, 0.15) is 5.82 Å². The number of rotatable bonds is 5. The fourth-order valence-corrected chi connectivity index (χ4v) is 2.51. The molecule has 0 spiro atoms. The van der Waals surface area contributed by atoms with Gasteiger partial charge in [0.15, 0.2) is 0 Å². The summed E-state index contributed by atoms with van der Waals surface area (Å²) in [4.78, 5) is 16.1. The van der Waals surface area contributed by atoms with Crippen LogP contribution in [0.4, 0.5) is 5.82 Å². The van der Waals surface area contributed by atoms with Crippen LogP contribution < -0.4 is 11.1 Å². The van der Waals surface area contributed by atoms with Gasteiger partial charge in [-0.2, -0.15) is 0 Å². The summed E-state index contributed by atoms with van der Waals surface area (Å²) in [5, 5.41) is 2.95. The molecular weight excluding hydrogens is 306 g/mol. The molecule has 0 fully saturated rings. The normalized spacial score (nSPS) is 11.4. The van der Waals surface area contributed by atoms with Crippen molar-refractivity contribution < 1.29 is 4.79 Å². The molecule has 19 heavy (non-hydrogen) atoms. The van der Waals surface area contributed by atoms with Crippen molar-refractivity contribution in [2.45, 2.75) is 27.7 Å². The fourth-order valence-electron chi connectivity index (χ4n) is 2.18. The maximum absolute atomic E-state index is 12.1. The van der Waals surface area contributed by atoms with Crippen molar-refractivity contribution in [1.29, 1.82) is 0 Å². The number of anilines is 1. The van der Waals surface area contributed by atoms with E-state index < -0.39 is 0 Å². The van der Waals surface area contributed by atoms with Gasteiger partial charge >= 0.3 is 0 Å². The number of aromatic nitrogens is 1. The summed E-state index contributed by atoms with van der Waals surface area (Å²) >= 11 is 3.29. The summed E-state index contributed by atoms with van der Waals surface area (Å²) in [5.74, 6) is 1.59. The zero-order valence-corrected chi connectivity index (χ0v) is 13.5. The predicted octanol–water partition coefficient (Wildman–Crippen LogP) is 3.08. The van der Waals surface area contributed by atoms with Crippen molar-refractivity contribution in [3.05, 3.63) is 22.3 Å². The number of amides is 1. The van der Waals surface area contributed by atoms with E-state index in [0.29, 0.717) is 29.9 Å². The van der Waals surface area contributed by atoms with E-state index in [4.69, 9.17) is 5.73 Å². The van der Waals surface area contributed by atoms with E-state index in [1.165, 1.54) is 0 Å². The summed E-state index contributed by atoms with van der Waals surface area (Å²) in [6.07, 6.45) is 1.58. The molecule has 0 saturated heterocycles. The van der Waals surface area contributed by atoms with Crippen molar-refractivity contribution in [2.24, 2.45) is 17.8 Å². The largest absolute Gasteiger partial charge is 0.383 e. The van der Waals surface area contributed by atoms with Gasteiger partial charge in [-0.05, 0) is 39.8 Å². The second kappa shape index (κ2) is 6.89. The van der Waals surface area contributed by atoms with E-state index in [1.807, 2.05) is 0 Å². The Morgan fingerprint density at radius 1 is 1.37 bits per heavy atom. The summed E-state index contributed by atoms with van der Waals surface area (Å²) in [6.45, 7) is 9.34. The molecule has 4 nitrogen and oxygen atoms in total. The summed E-state index contributed by atoms with van der Waals surface area (Å²) in [6, 6.07) is 1.69. The highest BCUT2D eigenvalue weighted by molar-refractivity contribution is 9.10. The first kappa shape index (κ1) is 16.0. The first-order valence-electron chi connectivity index (χ1n) is 6.52. The highest BCUT2D eigenvalue weighted by Crippen LogP contribution is 2.20. The topological polar surface area (TPSA) is 68.0 Å². The Kier molecular flexibility index (Phi) is 5.79. The Hall–Kier alpha value is -1.10. The Bertz CT molecular complexity index is 438. The summed E-state index contributed by atoms with van der Waals surface area (Å²) < 4.78 is 0.746. The lowest BCUT2D eigenvalue weighted by Crippen LogP contribution is -2.34. The fraction of sp³-hybridized carbons (Fsp3) is 0.571. The van der Waals surface area contributed by atoms with Gasteiger partial charge in [-0.25, -0.2) is 4.98 Å². The van der Waals surface area contributed by atoms with Gasteiger partial charge in [0.2, 0.25) is 0 Å². The molecular formula is C14H22BrN3O. The molecule has 0 saturated carbocycles. The second-order valence-electron chi connectivity index (χ2n) is 5.45. The molecule has 0 atom stereocenters. The molecule has 0 bridgehead atoms. The predicted molar refractivity (Wildman–Crippen MR) is 81.8 cm³/mol. The molecule has 1 rings (SSSR count). The average molecular weight is 328 g/mol. The third-order valence-electron chi connectivity index (χ3n) is 3.34. The minimum Gasteiger partial charge on any atom is -0.383 e. The minimum atomic E-state index is -0.169. The van der Waals surface area contributed by atoms with E-state index >= 15 is 0 Å². The smallest absolute Gasteiger partial charge is 0.255 e. The molecule has 1 aromatic rings. The lowest BCUT2D eigenvalue weighted by Gasteiger charge is -2.25. The molecule has 106 valence electrons. The Balaban J connectivity index is 2.72. The second-order valence-corrected chi connectivity index (χ2v) is 6.36. The van der Waals surface area contributed by atoms with Gasteiger partial charge in [-0.15, -0.1) is 0 Å². The molecule has 0 aliphatic heterocycles. The Labute approximate surface area is 123 Å². The highest BCUT2D eigenvalue weighted by Gasteiger charge is 2.19. The van der Waals surface area contributed by atoms with Crippen LogP contribution in [0.25, 0.3) is 0 Å². The van der Waals surface area contributed by atoms with E-state index in [0.717, 1.165) is 4.47 Å². The number of nitrogens with two attached hydrogens (primary N) is 1. The number of hydrogen-bond acceptors (Lipinski definition) is 3. The number of hydrogen-bond donors (Lipinski definition) is 2. The number of nitrogen functional groups attached to an aromatic ring is 1. The molecule has 0 aliphatic carbocycles. The molecule has 1 aromatic heterocycles. The minimum absolute atomic E-state index is 0.169. The first-order chi connectivity index (χ1) is 8.82. The van der Waals surface area contributed by atoms with Gasteiger partial charge < -0.3 is 11.1 Å². The van der Waals surface area contributed by atoms with Gasteiger partial charge in [-0.3, -0.25) is 4.79 Å². The van der Waals surface area contributed by atoms with Crippen molar-refractivity contribution in [2.75, 3.05) is 12.3 Å². The summed E-state index contributed by atoms with van der Waals surface area (Å²) in [7, 11) is 0. The van der Waals surface area contributed by atoms with E-state index in [1.54, 1.807) is 12.3 Å². The molecule has 3 N–H and O–H groups in total. The van der Waals surface area contributed by atoms with Gasteiger partial charge in [0.05, 0.1) is 5.56 Å². The van der Waals surface area contributed by atoms with Crippen LogP contribution in [0.5, 0.6) is 0 Å². The quantitative estimate of drug-likeness (QED) is 0.873. The molecule has 5 heteroatoms. The zero-order chi connectivity index (χ0) is 14.6. The van der Waals surface area contributed by atoms with Gasteiger partial charge in [0, 0.05) is 17.2 Å². The van der Waals surface area contributed by atoms with Gasteiger partial charge in [0.25, 0.3) is 5.91 Å². The van der Waals surface area contributed by atoms with Crippen molar-refractivity contribution >= 4 is 27.7 Å². The summed E-state index contributed by atoms with van der Waals surface area (Å²) in [5.41, 5.74) is 6.14. The maximum Gasteiger partial charge on any atom is 0.255 e. The van der Waals surface area contributed by atoms with Crippen LogP contribution in [0.1, 0.15) is 38.1 Å². The maximum atomic E-state index is 12.1. The molecule has 0 unspecified atom stereocenters. The van der Waals surface area contributed by atoms with Crippen LogP contribution in [0, 0.1) is 17.8 Å². The van der Waals surface area contributed by atoms with Gasteiger partial charge in [-0.1, -0.05) is 27.7 Å². The average Bonchev–Trinajstić information content (AvgIpc) is 2.31. The van der Waals surface area contributed by atoms with Crippen LogP contribution in [-0.2, 0) is 0 Å². The number of pyridine rings is 1. The third kappa shape index (κ3) is 4.49. The first-order valence-corrected chi connectivity index (χ1v) is 7.31.